The fourth-order valence-electron chi connectivity index (χ4n) is 2.69. The number of hydrogen-bond donors (Lipinski definition) is 1. The smallest absolute Gasteiger partial charge is 0.321 e. The maximum Gasteiger partial charge on any atom is 0.321 e. The van der Waals surface area contributed by atoms with Gasteiger partial charge in [0.05, 0.1) is 6.61 Å². The number of rotatable bonds is 5. The minimum atomic E-state index is -0.0402. The van der Waals surface area contributed by atoms with Gasteiger partial charge in [0, 0.05) is 19.3 Å². The quantitative estimate of drug-likeness (QED) is 0.804. The van der Waals surface area contributed by atoms with E-state index in [9.17, 15) is 4.79 Å². The summed E-state index contributed by atoms with van der Waals surface area (Å²) >= 11 is 0. The topological polar surface area (TPSA) is 41.6 Å². The maximum absolute atomic E-state index is 11.9. The number of hydrogen-bond acceptors (Lipinski definition) is 2. The fraction of sp³-hybridized carbons (Fsp3) is 0.632. The third-order valence-corrected chi connectivity index (χ3v) is 3.82. The van der Waals surface area contributed by atoms with Crippen molar-refractivity contribution in [3.05, 3.63) is 23.8 Å². The first-order valence-electron chi connectivity index (χ1n) is 8.86. The van der Waals surface area contributed by atoms with Crippen molar-refractivity contribution in [3.63, 3.8) is 0 Å². The van der Waals surface area contributed by atoms with Crippen molar-refractivity contribution in [2.45, 2.75) is 53.4 Å². The highest BCUT2D eigenvalue weighted by atomic mass is 16.5. The summed E-state index contributed by atoms with van der Waals surface area (Å²) in [4.78, 5) is 13.7. The van der Waals surface area contributed by atoms with Crippen molar-refractivity contribution in [2.75, 3.05) is 25.1 Å². The highest BCUT2D eigenvalue weighted by Gasteiger charge is 2.21. The molecule has 4 heteroatoms. The van der Waals surface area contributed by atoms with Gasteiger partial charge in [-0.25, -0.2) is 4.79 Å². The number of nitrogens with one attached hydrogen (secondary N) is 1. The number of carbonyl (C=O) groups excluding carboxylic acids is 1. The minimum absolute atomic E-state index is 0.0402. The van der Waals surface area contributed by atoms with Crippen LogP contribution in [0.25, 0.3) is 0 Å². The number of anilines is 1. The summed E-state index contributed by atoms with van der Waals surface area (Å²) in [6.07, 6.45) is 4.28. The second-order valence-corrected chi connectivity index (χ2v) is 5.99. The van der Waals surface area contributed by atoms with Crippen LogP contribution in [0.5, 0.6) is 5.75 Å². The van der Waals surface area contributed by atoms with Crippen LogP contribution in [0.15, 0.2) is 18.2 Å². The van der Waals surface area contributed by atoms with Gasteiger partial charge in [-0.3, -0.25) is 4.90 Å². The van der Waals surface area contributed by atoms with Crippen LogP contribution in [0, 0.1) is 5.92 Å². The summed E-state index contributed by atoms with van der Waals surface area (Å²) in [6.45, 7) is 10.00. The first-order chi connectivity index (χ1) is 11.1. The van der Waals surface area contributed by atoms with Crippen LogP contribution in [0.3, 0.4) is 0 Å². The Morgan fingerprint density at radius 1 is 1.35 bits per heavy atom. The Morgan fingerprint density at radius 2 is 2.09 bits per heavy atom. The number of amides is 2. The van der Waals surface area contributed by atoms with Crippen molar-refractivity contribution >= 4 is 11.7 Å². The first-order valence-corrected chi connectivity index (χ1v) is 8.86. The molecule has 23 heavy (non-hydrogen) atoms. The monoisotopic (exact) mass is 320 g/mol. The molecule has 1 aromatic carbocycles. The van der Waals surface area contributed by atoms with Crippen molar-refractivity contribution in [1.82, 2.24) is 5.32 Å². The molecule has 0 spiro atoms. The van der Waals surface area contributed by atoms with E-state index in [0.29, 0.717) is 0 Å². The lowest BCUT2D eigenvalue weighted by Gasteiger charge is -2.29. The molecule has 4 nitrogen and oxygen atoms in total. The molecule has 0 aromatic heterocycles. The van der Waals surface area contributed by atoms with E-state index in [2.05, 4.69) is 25.2 Å². The van der Waals surface area contributed by atoms with Gasteiger partial charge in [-0.1, -0.05) is 27.7 Å². The van der Waals surface area contributed by atoms with Crippen LogP contribution in [0.4, 0.5) is 10.5 Å². The van der Waals surface area contributed by atoms with Crippen molar-refractivity contribution in [1.29, 1.82) is 0 Å². The van der Waals surface area contributed by atoms with E-state index in [4.69, 9.17) is 4.74 Å². The molecule has 1 N–H and O–H groups in total. The molecule has 0 unspecified atom stereocenters. The molecule has 1 aromatic rings. The van der Waals surface area contributed by atoms with E-state index in [1.54, 1.807) is 11.9 Å². The molecule has 0 bridgehead atoms. The van der Waals surface area contributed by atoms with E-state index in [1.807, 2.05) is 26.0 Å². The van der Waals surface area contributed by atoms with Gasteiger partial charge in [-0.05, 0) is 55.4 Å². The molecule has 1 heterocycles. The number of ether oxygens (including phenoxy) is 1. The third kappa shape index (κ3) is 5.77. The Labute approximate surface area is 141 Å². The van der Waals surface area contributed by atoms with Gasteiger partial charge < -0.3 is 10.1 Å². The summed E-state index contributed by atoms with van der Waals surface area (Å²) in [6, 6.07) is 6.01. The molecular weight excluding hydrogens is 288 g/mol. The largest absolute Gasteiger partial charge is 0.494 e. The van der Waals surface area contributed by atoms with Crippen LogP contribution < -0.4 is 15.0 Å². The van der Waals surface area contributed by atoms with Crippen molar-refractivity contribution in [2.24, 2.45) is 5.92 Å². The van der Waals surface area contributed by atoms with E-state index in [0.717, 1.165) is 49.8 Å². The standard InChI is InChI=1S/C17H26N2O2.C2H6/c1-13(2)6-5-11-21-15-8-9-16-14(12-15)7-4-10-19(16)17(20)18-3;1-2/h8-9,12-13H,4-7,10-11H2,1-3H3,(H,18,20);1-2H3. The van der Waals surface area contributed by atoms with Gasteiger partial charge >= 0.3 is 6.03 Å². The number of urea groups is 1. The highest BCUT2D eigenvalue weighted by molar-refractivity contribution is 5.93. The van der Waals surface area contributed by atoms with Gasteiger partial charge in [0.25, 0.3) is 0 Å². The number of benzene rings is 1. The first kappa shape index (κ1) is 19.3. The molecule has 1 aliphatic rings. The molecule has 130 valence electrons. The van der Waals surface area contributed by atoms with E-state index < -0.39 is 0 Å². The molecule has 0 fully saturated rings. The maximum atomic E-state index is 11.9. The molecule has 2 rings (SSSR count). The van der Waals surface area contributed by atoms with E-state index >= 15 is 0 Å². The lowest BCUT2D eigenvalue weighted by molar-refractivity contribution is 0.247. The molecule has 0 saturated carbocycles. The SMILES string of the molecule is CC.CNC(=O)N1CCCc2cc(OCCCC(C)C)ccc21. The fourth-order valence-corrected chi connectivity index (χ4v) is 2.69. The van der Waals surface area contributed by atoms with E-state index in [-0.39, 0.29) is 6.03 Å². The van der Waals surface area contributed by atoms with Crippen LogP contribution in [-0.4, -0.2) is 26.2 Å². The molecule has 0 atom stereocenters. The Kier molecular flexibility index (Phi) is 8.52. The Morgan fingerprint density at radius 3 is 2.74 bits per heavy atom. The average molecular weight is 320 g/mol. The second kappa shape index (κ2) is 10.1. The predicted molar refractivity (Wildman–Crippen MR) is 97.5 cm³/mol. The zero-order chi connectivity index (χ0) is 17.2. The third-order valence-electron chi connectivity index (χ3n) is 3.82. The Hall–Kier alpha value is -1.71. The van der Waals surface area contributed by atoms with Crippen LogP contribution in [0.1, 0.15) is 52.5 Å². The molecule has 2 amide bonds. The zero-order valence-corrected chi connectivity index (χ0v) is 15.3. The van der Waals surface area contributed by atoms with Gasteiger partial charge in [-0.2, -0.15) is 0 Å². The van der Waals surface area contributed by atoms with Crippen molar-refractivity contribution in [3.8, 4) is 5.75 Å². The molecule has 0 aliphatic carbocycles. The summed E-state index contributed by atoms with van der Waals surface area (Å²) in [5.41, 5.74) is 2.21. The van der Waals surface area contributed by atoms with Crippen LogP contribution in [-0.2, 0) is 6.42 Å². The van der Waals surface area contributed by atoms with Gasteiger partial charge in [-0.15, -0.1) is 0 Å². The normalized spacial score (nSPS) is 13.0. The molecule has 0 saturated heterocycles. The lowest BCUT2D eigenvalue weighted by atomic mass is 10.0. The van der Waals surface area contributed by atoms with Crippen molar-refractivity contribution < 1.29 is 9.53 Å². The van der Waals surface area contributed by atoms with Gasteiger partial charge in [0.2, 0.25) is 0 Å². The van der Waals surface area contributed by atoms with Crippen LogP contribution >= 0.6 is 0 Å². The summed E-state index contributed by atoms with van der Waals surface area (Å²) in [5, 5.41) is 2.70. The minimum Gasteiger partial charge on any atom is -0.494 e. The van der Waals surface area contributed by atoms with E-state index in [1.165, 1.54) is 12.0 Å². The summed E-state index contributed by atoms with van der Waals surface area (Å²) in [7, 11) is 1.67. The average Bonchev–Trinajstić information content (AvgIpc) is 2.59. The zero-order valence-electron chi connectivity index (χ0n) is 15.3. The van der Waals surface area contributed by atoms with Crippen LogP contribution in [0.2, 0.25) is 0 Å². The number of nitrogens with zero attached hydrogens (tertiary/aromatic N) is 1. The predicted octanol–water partition coefficient (Wildman–Crippen LogP) is 4.62. The summed E-state index contributed by atoms with van der Waals surface area (Å²) in [5.74, 6) is 1.63. The Balaban J connectivity index is 0.00000127. The number of aryl methyl sites for hydroxylation is 1. The number of fused-ring (bicyclic) bond motifs is 1. The van der Waals surface area contributed by atoms with Gasteiger partial charge in [0.1, 0.15) is 5.75 Å². The molecule has 0 radical (unpaired) electrons. The second-order valence-electron chi connectivity index (χ2n) is 5.99. The van der Waals surface area contributed by atoms with Gasteiger partial charge in [0.15, 0.2) is 0 Å². The summed E-state index contributed by atoms with van der Waals surface area (Å²) < 4.78 is 5.83. The molecular formula is C19H32N2O2. The number of carbonyl (C=O) groups is 1. The lowest BCUT2D eigenvalue weighted by Crippen LogP contribution is -2.41. The Bertz CT molecular complexity index is 486. The molecule has 1 aliphatic heterocycles. The highest BCUT2D eigenvalue weighted by Crippen LogP contribution is 2.30.